The Labute approximate surface area is 166 Å². The average Bonchev–Trinajstić information content (AvgIpc) is 2.69. The number of benzene rings is 3. The van der Waals surface area contributed by atoms with Gasteiger partial charge in [0.15, 0.2) is 0 Å². The van der Waals surface area contributed by atoms with Gasteiger partial charge in [0.1, 0.15) is 0 Å². The van der Waals surface area contributed by atoms with Crippen molar-refractivity contribution in [3.05, 3.63) is 88.5 Å². The third-order valence-corrected chi connectivity index (χ3v) is 4.67. The fraction of sp³-hybridized carbons (Fsp3) is 0.160. The van der Waals surface area contributed by atoms with Crippen molar-refractivity contribution in [1.29, 1.82) is 0 Å². The summed E-state index contributed by atoms with van der Waals surface area (Å²) >= 11 is 4.68. The molecule has 0 bridgehead atoms. The largest absolute Gasteiger partial charge is 0.194 e. The number of aliphatic imine (C=N–C) groups is 1. The molecular formula is C25H21NS. The van der Waals surface area contributed by atoms with Gasteiger partial charge in [0.2, 0.25) is 0 Å². The summed E-state index contributed by atoms with van der Waals surface area (Å²) in [6.07, 6.45) is 0.949. The second kappa shape index (κ2) is 8.60. The van der Waals surface area contributed by atoms with E-state index >= 15 is 0 Å². The lowest BCUT2D eigenvalue weighted by Crippen LogP contribution is -1.90. The molecule has 2 heteroatoms. The Morgan fingerprint density at radius 3 is 2.26 bits per heavy atom. The Balaban J connectivity index is 1.92. The van der Waals surface area contributed by atoms with Crippen LogP contribution in [-0.2, 0) is 6.42 Å². The maximum Gasteiger partial charge on any atom is 0.0769 e. The Morgan fingerprint density at radius 1 is 0.852 bits per heavy atom. The standard InChI is InChI=1S/C25H21NS/c1-4-21-16-24(23-9-5-18(2)6-10-23)13-12-22(21)11-7-20-8-14-25(26-17-27)19(3)15-20/h5-6,8-10,12-16H,4H2,1-3H3. The first-order chi connectivity index (χ1) is 13.1. The lowest BCUT2D eigenvalue weighted by molar-refractivity contribution is 1.13. The number of hydrogen-bond donors (Lipinski definition) is 0. The van der Waals surface area contributed by atoms with Crippen LogP contribution in [0.4, 0.5) is 5.69 Å². The van der Waals surface area contributed by atoms with Gasteiger partial charge in [-0.3, -0.25) is 0 Å². The van der Waals surface area contributed by atoms with Crippen LogP contribution in [0.25, 0.3) is 11.1 Å². The molecule has 3 aromatic carbocycles. The number of isothiocyanates is 1. The molecule has 0 aliphatic heterocycles. The number of hydrogen-bond acceptors (Lipinski definition) is 2. The first-order valence-corrected chi connectivity index (χ1v) is 9.42. The maximum atomic E-state index is 4.68. The van der Waals surface area contributed by atoms with Crippen molar-refractivity contribution < 1.29 is 0 Å². The fourth-order valence-corrected chi connectivity index (χ4v) is 3.08. The van der Waals surface area contributed by atoms with E-state index in [0.29, 0.717) is 0 Å². The van der Waals surface area contributed by atoms with Gasteiger partial charge < -0.3 is 0 Å². The minimum Gasteiger partial charge on any atom is -0.194 e. The van der Waals surface area contributed by atoms with Gasteiger partial charge in [0.05, 0.1) is 10.8 Å². The molecule has 3 aromatic rings. The summed E-state index contributed by atoms with van der Waals surface area (Å²) in [6.45, 7) is 6.28. The van der Waals surface area contributed by atoms with Gasteiger partial charge in [-0.1, -0.05) is 54.7 Å². The van der Waals surface area contributed by atoms with Crippen molar-refractivity contribution in [2.75, 3.05) is 0 Å². The molecule has 0 saturated carbocycles. The van der Waals surface area contributed by atoms with Gasteiger partial charge >= 0.3 is 0 Å². The van der Waals surface area contributed by atoms with E-state index in [0.717, 1.165) is 28.8 Å². The molecule has 1 nitrogen and oxygen atoms in total. The second-order valence-electron chi connectivity index (χ2n) is 6.55. The molecule has 132 valence electrons. The fourth-order valence-electron chi connectivity index (χ4n) is 2.98. The predicted octanol–water partition coefficient (Wildman–Crippen LogP) is 6.67. The van der Waals surface area contributed by atoms with Crippen molar-refractivity contribution in [3.63, 3.8) is 0 Å². The summed E-state index contributed by atoms with van der Waals surface area (Å²) in [4.78, 5) is 4.05. The van der Waals surface area contributed by atoms with Crippen molar-refractivity contribution >= 4 is 23.1 Å². The van der Waals surface area contributed by atoms with Crippen molar-refractivity contribution in [2.24, 2.45) is 4.99 Å². The summed E-state index contributed by atoms with van der Waals surface area (Å²) in [5.41, 5.74) is 8.94. The predicted molar refractivity (Wildman–Crippen MR) is 118 cm³/mol. The van der Waals surface area contributed by atoms with E-state index in [1.807, 2.05) is 25.1 Å². The molecule has 0 radical (unpaired) electrons. The summed E-state index contributed by atoms with van der Waals surface area (Å²) in [6, 6.07) is 21.1. The normalized spacial score (nSPS) is 9.89. The monoisotopic (exact) mass is 367 g/mol. The van der Waals surface area contributed by atoms with Crippen LogP contribution in [0.3, 0.4) is 0 Å². The van der Waals surface area contributed by atoms with E-state index in [1.165, 1.54) is 22.3 Å². The highest BCUT2D eigenvalue weighted by atomic mass is 32.1. The van der Waals surface area contributed by atoms with Crippen molar-refractivity contribution in [3.8, 4) is 23.0 Å². The Morgan fingerprint density at radius 2 is 1.59 bits per heavy atom. The highest BCUT2D eigenvalue weighted by molar-refractivity contribution is 7.78. The lowest BCUT2D eigenvalue weighted by atomic mass is 9.97. The first kappa shape index (κ1) is 18.8. The molecule has 0 aromatic heterocycles. The molecule has 0 aliphatic rings. The molecule has 0 heterocycles. The molecule has 0 saturated heterocycles. The summed E-state index contributed by atoms with van der Waals surface area (Å²) in [7, 11) is 0. The van der Waals surface area contributed by atoms with Gasteiger partial charge in [-0.15, -0.1) is 0 Å². The second-order valence-corrected chi connectivity index (χ2v) is 6.73. The van der Waals surface area contributed by atoms with Crippen molar-refractivity contribution in [2.45, 2.75) is 27.2 Å². The van der Waals surface area contributed by atoms with Crippen molar-refractivity contribution in [1.82, 2.24) is 0 Å². The van der Waals surface area contributed by atoms with Crippen LogP contribution in [0.5, 0.6) is 0 Å². The van der Waals surface area contributed by atoms with Crippen LogP contribution in [0, 0.1) is 25.7 Å². The van der Waals surface area contributed by atoms with E-state index in [2.05, 4.69) is 90.5 Å². The topological polar surface area (TPSA) is 12.4 Å². The smallest absolute Gasteiger partial charge is 0.0769 e. The average molecular weight is 368 g/mol. The quantitative estimate of drug-likeness (QED) is 0.286. The Hall–Kier alpha value is -2.98. The molecule has 0 N–H and O–H groups in total. The molecule has 0 aliphatic carbocycles. The van der Waals surface area contributed by atoms with E-state index in [4.69, 9.17) is 0 Å². The number of aryl methyl sites for hydroxylation is 3. The zero-order chi connectivity index (χ0) is 19.2. The van der Waals surface area contributed by atoms with E-state index < -0.39 is 0 Å². The SMILES string of the molecule is CCc1cc(-c2ccc(C)cc2)ccc1C#Cc1ccc(N=C=S)c(C)c1. The summed E-state index contributed by atoms with van der Waals surface area (Å²) in [5.74, 6) is 6.60. The summed E-state index contributed by atoms with van der Waals surface area (Å²) in [5, 5.41) is 2.41. The van der Waals surface area contributed by atoms with Crippen LogP contribution in [0.2, 0.25) is 0 Å². The Kier molecular flexibility index (Phi) is 5.99. The van der Waals surface area contributed by atoms with Crippen LogP contribution >= 0.6 is 12.2 Å². The zero-order valence-electron chi connectivity index (χ0n) is 15.8. The lowest BCUT2D eigenvalue weighted by Gasteiger charge is -2.07. The van der Waals surface area contributed by atoms with Gasteiger partial charge in [0, 0.05) is 11.1 Å². The van der Waals surface area contributed by atoms with Crippen LogP contribution < -0.4 is 0 Å². The van der Waals surface area contributed by atoms with Crippen LogP contribution in [0.1, 0.15) is 34.7 Å². The van der Waals surface area contributed by atoms with E-state index in [9.17, 15) is 0 Å². The highest BCUT2D eigenvalue weighted by Gasteiger charge is 2.03. The number of thiocarbonyl (C=S) groups is 1. The molecule has 0 amide bonds. The first-order valence-electron chi connectivity index (χ1n) is 9.01. The third-order valence-electron chi connectivity index (χ3n) is 4.58. The molecule has 0 fully saturated rings. The maximum absolute atomic E-state index is 4.68. The van der Waals surface area contributed by atoms with E-state index in [-0.39, 0.29) is 0 Å². The molecule has 0 atom stereocenters. The number of rotatable bonds is 3. The van der Waals surface area contributed by atoms with Gasteiger partial charge in [-0.25, -0.2) is 0 Å². The molecular weight excluding hydrogens is 346 g/mol. The third kappa shape index (κ3) is 4.60. The van der Waals surface area contributed by atoms with Gasteiger partial charge in [0.25, 0.3) is 0 Å². The molecule has 0 spiro atoms. The number of nitrogens with zero attached hydrogens (tertiary/aromatic N) is 1. The molecule has 3 rings (SSSR count). The summed E-state index contributed by atoms with van der Waals surface area (Å²) < 4.78 is 0. The zero-order valence-corrected chi connectivity index (χ0v) is 16.7. The minimum absolute atomic E-state index is 0.840. The van der Waals surface area contributed by atoms with Crippen LogP contribution in [0.15, 0.2) is 65.7 Å². The molecule has 27 heavy (non-hydrogen) atoms. The highest BCUT2D eigenvalue weighted by Crippen LogP contribution is 2.24. The van der Waals surface area contributed by atoms with E-state index in [1.54, 1.807) is 0 Å². The van der Waals surface area contributed by atoms with Gasteiger partial charge in [-0.05, 0) is 85.1 Å². The van der Waals surface area contributed by atoms with Gasteiger partial charge in [-0.2, -0.15) is 4.99 Å². The minimum atomic E-state index is 0.840. The molecule has 0 unspecified atom stereocenters. The Bertz CT molecular complexity index is 1080. The van der Waals surface area contributed by atoms with Crippen LogP contribution in [-0.4, -0.2) is 5.16 Å².